The van der Waals surface area contributed by atoms with Gasteiger partial charge in [0.15, 0.2) is 5.69 Å². The summed E-state index contributed by atoms with van der Waals surface area (Å²) < 4.78 is 48.2. The van der Waals surface area contributed by atoms with Crippen LogP contribution in [-0.4, -0.2) is 60.6 Å². The number of rotatable bonds is 8. The first kappa shape index (κ1) is 29.1. The number of aliphatic hydroxyl groups excluding tert-OH is 1. The monoisotopic (exact) mass is 609 g/mol. The lowest BCUT2D eigenvalue weighted by Crippen LogP contribution is -2.38. The summed E-state index contributed by atoms with van der Waals surface area (Å²) in [5, 5.41) is 27.8. The Morgan fingerprint density at radius 3 is 2.59 bits per heavy atom. The largest absolute Gasteiger partial charge is 0.481 e. The van der Waals surface area contributed by atoms with Crippen LogP contribution in [0.1, 0.15) is 36.6 Å². The smallest absolute Gasteiger partial charge is 0.434 e. The summed E-state index contributed by atoms with van der Waals surface area (Å²) in [6.07, 6.45) is -2.81. The molecule has 1 fully saturated rings. The molecular formula is C27H24Cl2F3N5O4. The Balaban J connectivity index is 1.33. The molecule has 0 amide bonds. The molecule has 2 aromatic heterocycles. The predicted molar refractivity (Wildman–Crippen MR) is 144 cm³/mol. The average Bonchev–Trinajstić information content (AvgIpc) is 3.58. The number of hydrogen-bond donors (Lipinski definition) is 2. The molecule has 0 bridgehead atoms. The molecule has 0 saturated carbocycles. The Labute approximate surface area is 242 Å². The van der Waals surface area contributed by atoms with Gasteiger partial charge in [-0.1, -0.05) is 52.6 Å². The van der Waals surface area contributed by atoms with Crippen LogP contribution in [0.15, 0.2) is 53.2 Å². The van der Waals surface area contributed by atoms with Crippen LogP contribution in [0.3, 0.4) is 0 Å². The van der Waals surface area contributed by atoms with Crippen LogP contribution in [-0.2, 0) is 11.0 Å². The van der Waals surface area contributed by atoms with Crippen LogP contribution >= 0.6 is 23.2 Å². The molecule has 14 heteroatoms. The van der Waals surface area contributed by atoms with E-state index in [1.807, 2.05) is 0 Å². The molecule has 9 nitrogen and oxygen atoms in total. The molecule has 216 valence electrons. The highest BCUT2D eigenvalue weighted by Crippen LogP contribution is 2.39. The molecule has 2 aromatic carbocycles. The second kappa shape index (κ2) is 11.8. The molecule has 2 N–H and O–H groups in total. The van der Waals surface area contributed by atoms with Gasteiger partial charge in [0.25, 0.3) is 5.89 Å². The summed E-state index contributed by atoms with van der Waals surface area (Å²) in [6.45, 7) is 1.73. The number of nitrogens with zero attached hydrogens (tertiary/aromatic N) is 5. The SMILES string of the molecule is O=C(O)C[C@H]1CCCN(C[C@H](O)c2ccc(-c3noc(-c4cnn(-c5ccc(Cl)c(Cl)c5)c4C(F)(F)F)n3)cc2)C1. The number of aliphatic hydroxyl groups is 1. The minimum atomic E-state index is -4.81. The molecule has 41 heavy (non-hydrogen) atoms. The van der Waals surface area contributed by atoms with Crippen molar-refractivity contribution in [2.45, 2.75) is 31.5 Å². The maximum absolute atomic E-state index is 14.1. The molecule has 2 atom stereocenters. The van der Waals surface area contributed by atoms with Crippen LogP contribution in [0, 0.1) is 5.92 Å². The van der Waals surface area contributed by atoms with Crippen molar-refractivity contribution in [1.29, 1.82) is 0 Å². The van der Waals surface area contributed by atoms with E-state index in [9.17, 15) is 23.1 Å². The molecule has 1 aliphatic heterocycles. The maximum Gasteiger partial charge on any atom is 0.434 e. The highest BCUT2D eigenvalue weighted by Gasteiger charge is 2.40. The maximum atomic E-state index is 14.1. The van der Waals surface area contributed by atoms with Gasteiger partial charge < -0.3 is 19.6 Å². The lowest BCUT2D eigenvalue weighted by molar-refractivity contribution is -0.142. The summed E-state index contributed by atoms with van der Waals surface area (Å²) in [7, 11) is 0. The van der Waals surface area contributed by atoms with Crippen molar-refractivity contribution < 1.29 is 32.7 Å². The Hall–Kier alpha value is -3.45. The van der Waals surface area contributed by atoms with Crippen LogP contribution in [0.4, 0.5) is 13.2 Å². The minimum Gasteiger partial charge on any atom is -0.481 e. The van der Waals surface area contributed by atoms with Crippen molar-refractivity contribution in [3.63, 3.8) is 0 Å². The van der Waals surface area contributed by atoms with Crippen molar-refractivity contribution in [3.05, 3.63) is 70.0 Å². The summed E-state index contributed by atoms with van der Waals surface area (Å²) in [4.78, 5) is 17.3. The Bertz CT molecular complexity index is 1540. The molecule has 5 rings (SSSR count). The van der Waals surface area contributed by atoms with Crippen LogP contribution in [0.2, 0.25) is 10.0 Å². The first-order valence-electron chi connectivity index (χ1n) is 12.7. The van der Waals surface area contributed by atoms with Gasteiger partial charge in [-0.15, -0.1) is 0 Å². The van der Waals surface area contributed by atoms with E-state index >= 15 is 0 Å². The zero-order valence-electron chi connectivity index (χ0n) is 21.4. The third-order valence-electron chi connectivity index (χ3n) is 6.89. The number of aliphatic carboxylic acids is 1. The molecular weight excluding hydrogens is 586 g/mol. The number of hydrogen-bond acceptors (Lipinski definition) is 7. The van der Waals surface area contributed by atoms with Crippen molar-refractivity contribution in [2.24, 2.45) is 5.92 Å². The van der Waals surface area contributed by atoms with Gasteiger partial charge in [0.05, 0.1) is 33.6 Å². The molecule has 0 spiro atoms. The van der Waals surface area contributed by atoms with E-state index in [2.05, 4.69) is 20.1 Å². The molecule has 1 saturated heterocycles. The van der Waals surface area contributed by atoms with Gasteiger partial charge in [-0.25, -0.2) is 4.68 Å². The van der Waals surface area contributed by atoms with Gasteiger partial charge in [-0.3, -0.25) is 4.79 Å². The molecule has 0 aliphatic carbocycles. The first-order valence-corrected chi connectivity index (χ1v) is 13.4. The molecule has 0 unspecified atom stereocenters. The number of β-amino-alcohol motifs (C(OH)–C–C–N with tert-alkyl or cyclic N) is 1. The van der Waals surface area contributed by atoms with Gasteiger partial charge in [-0.2, -0.15) is 23.3 Å². The number of alkyl halides is 3. The normalized spacial score (nSPS) is 17.1. The van der Waals surface area contributed by atoms with Gasteiger partial charge >= 0.3 is 12.1 Å². The van der Waals surface area contributed by atoms with E-state index in [1.54, 1.807) is 24.3 Å². The third kappa shape index (κ3) is 6.56. The summed E-state index contributed by atoms with van der Waals surface area (Å²) in [5.74, 6) is -1.09. The number of carbonyl (C=O) groups is 1. The first-order chi connectivity index (χ1) is 19.5. The molecule has 4 aromatic rings. The number of piperidine rings is 1. The summed E-state index contributed by atoms with van der Waals surface area (Å²) in [5.41, 5.74) is -0.375. The van der Waals surface area contributed by atoms with Gasteiger partial charge in [-0.05, 0) is 49.1 Å². The topological polar surface area (TPSA) is 118 Å². The second-order valence-corrected chi connectivity index (χ2v) is 10.7. The highest BCUT2D eigenvalue weighted by atomic mass is 35.5. The van der Waals surface area contributed by atoms with Crippen molar-refractivity contribution in [1.82, 2.24) is 24.8 Å². The number of aromatic nitrogens is 4. The van der Waals surface area contributed by atoms with E-state index in [0.717, 1.165) is 25.6 Å². The van der Waals surface area contributed by atoms with Gasteiger partial charge in [0.2, 0.25) is 5.82 Å². The number of carboxylic acids is 1. The van der Waals surface area contributed by atoms with E-state index in [-0.39, 0.29) is 39.8 Å². The molecule has 0 radical (unpaired) electrons. The van der Waals surface area contributed by atoms with E-state index in [1.165, 1.54) is 18.2 Å². The number of halogens is 5. The van der Waals surface area contributed by atoms with Crippen LogP contribution in [0.25, 0.3) is 28.5 Å². The van der Waals surface area contributed by atoms with Crippen molar-refractivity contribution >= 4 is 29.2 Å². The Morgan fingerprint density at radius 1 is 1.15 bits per heavy atom. The zero-order chi connectivity index (χ0) is 29.3. The quantitative estimate of drug-likeness (QED) is 0.245. The highest BCUT2D eigenvalue weighted by molar-refractivity contribution is 6.42. The Morgan fingerprint density at radius 2 is 1.90 bits per heavy atom. The standard InChI is InChI=1S/C27H24Cl2F3N5O4/c28-20-8-7-18(11-21(20)29)37-24(27(30,31)32)19(12-33-37)26-34-25(35-41-26)17-5-3-16(4-6-17)22(38)14-36-9-1-2-15(13-36)10-23(39)40/h3-8,11-12,15,22,38H,1-2,9-10,13-14H2,(H,39,40)/t15-,22+/m1/s1. The molecule has 1 aliphatic rings. The lowest BCUT2D eigenvalue weighted by atomic mass is 9.94. The van der Waals surface area contributed by atoms with Crippen LogP contribution < -0.4 is 0 Å². The predicted octanol–water partition coefficient (Wildman–Crippen LogP) is 6.14. The zero-order valence-corrected chi connectivity index (χ0v) is 22.9. The fourth-order valence-electron chi connectivity index (χ4n) is 4.98. The fraction of sp³-hybridized carbons (Fsp3) is 0.333. The Kier molecular flexibility index (Phi) is 8.37. The number of benzene rings is 2. The van der Waals surface area contributed by atoms with E-state index in [0.29, 0.717) is 28.9 Å². The van der Waals surface area contributed by atoms with E-state index < -0.39 is 29.5 Å². The second-order valence-electron chi connectivity index (χ2n) is 9.84. The minimum absolute atomic E-state index is 0.0498. The average molecular weight is 610 g/mol. The number of likely N-dealkylation sites (tertiary alicyclic amines) is 1. The lowest BCUT2D eigenvalue weighted by Gasteiger charge is -2.33. The molecule has 3 heterocycles. The third-order valence-corrected chi connectivity index (χ3v) is 7.63. The summed E-state index contributed by atoms with van der Waals surface area (Å²) >= 11 is 11.9. The van der Waals surface area contributed by atoms with Crippen LogP contribution in [0.5, 0.6) is 0 Å². The van der Waals surface area contributed by atoms with E-state index in [4.69, 9.17) is 32.8 Å². The van der Waals surface area contributed by atoms with Crippen molar-refractivity contribution in [3.8, 4) is 28.5 Å². The number of carboxylic acid groups (broad SMARTS) is 1. The summed E-state index contributed by atoms with van der Waals surface area (Å²) in [6, 6.07) is 10.6. The van der Waals surface area contributed by atoms with Gasteiger partial charge in [0, 0.05) is 25.1 Å². The van der Waals surface area contributed by atoms with Gasteiger partial charge in [0.1, 0.15) is 0 Å². The fourth-order valence-corrected chi connectivity index (χ4v) is 5.27. The van der Waals surface area contributed by atoms with Crippen molar-refractivity contribution in [2.75, 3.05) is 19.6 Å².